The van der Waals surface area contributed by atoms with Gasteiger partial charge in [0, 0.05) is 37.3 Å². The molecular formula is C23H32N4O6S. The molecule has 1 aliphatic rings. The lowest BCUT2D eigenvalue weighted by Gasteiger charge is -2.26. The zero-order chi connectivity index (χ0) is 24.6. The van der Waals surface area contributed by atoms with Gasteiger partial charge in [0.15, 0.2) is 0 Å². The third kappa shape index (κ3) is 7.86. The molecule has 0 bridgehead atoms. The lowest BCUT2D eigenvalue weighted by Crippen LogP contribution is -2.38. The third-order valence-corrected chi connectivity index (χ3v) is 6.33. The van der Waals surface area contributed by atoms with Crippen LogP contribution in [-0.4, -0.2) is 76.8 Å². The largest absolute Gasteiger partial charge is 0.495 e. The van der Waals surface area contributed by atoms with E-state index in [0.29, 0.717) is 36.9 Å². The number of carbonyl (C=O) groups excluding carboxylic acids is 1. The first-order valence-electron chi connectivity index (χ1n) is 11.1. The van der Waals surface area contributed by atoms with E-state index in [1.807, 2.05) is 13.8 Å². The zero-order valence-electron chi connectivity index (χ0n) is 19.7. The number of pyridine rings is 1. The Morgan fingerprint density at radius 3 is 2.65 bits per heavy atom. The molecule has 1 aliphatic heterocycles. The van der Waals surface area contributed by atoms with Crippen LogP contribution < -0.4 is 19.5 Å². The normalized spacial score (nSPS) is 14.6. The number of morpholine rings is 1. The summed E-state index contributed by atoms with van der Waals surface area (Å²) in [4.78, 5) is 19.0. The number of ether oxygens (including phenoxy) is 3. The van der Waals surface area contributed by atoms with Crippen LogP contribution in [-0.2, 0) is 20.5 Å². The van der Waals surface area contributed by atoms with Gasteiger partial charge in [-0.15, -0.1) is 0 Å². The summed E-state index contributed by atoms with van der Waals surface area (Å²) in [6.07, 6.45) is 2.86. The topological polar surface area (TPSA) is 119 Å². The number of sulfonamides is 1. The minimum absolute atomic E-state index is 0.108. The summed E-state index contributed by atoms with van der Waals surface area (Å²) in [7, 11) is -2.35. The number of benzene rings is 1. The molecule has 2 aromatic rings. The Labute approximate surface area is 200 Å². The molecule has 34 heavy (non-hydrogen) atoms. The van der Waals surface area contributed by atoms with Crippen molar-refractivity contribution in [1.82, 2.24) is 15.2 Å². The molecule has 0 unspecified atom stereocenters. The molecule has 1 aromatic heterocycles. The lowest BCUT2D eigenvalue weighted by atomic mass is 10.1. The lowest BCUT2D eigenvalue weighted by molar-refractivity contribution is 0.0322. The molecule has 1 amide bonds. The van der Waals surface area contributed by atoms with Gasteiger partial charge in [-0.1, -0.05) is 6.07 Å². The van der Waals surface area contributed by atoms with Crippen LogP contribution in [0.15, 0.2) is 36.7 Å². The predicted molar refractivity (Wildman–Crippen MR) is 129 cm³/mol. The van der Waals surface area contributed by atoms with Gasteiger partial charge in [-0.25, -0.2) is 8.42 Å². The van der Waals surface area contributed by atoms with E-state index in [1.54, 1.807) is 18.2 Å². The second-order valence-electron chi connectivity index (χ2n) is 8.22. The standard InChI is InChI=1S/C23H32N4O6S/c1-17(2)25-23(28)22-13-20(33-11-8-27-6-9-32-10-7-27)5-4-18(22)16-34(29,30)26-19-12-21(31-3)15-24-14-19/h4-5,12-15,17,26H,6-11,16H2,1-3H3,(H,25,28). The van der Waals surface area contributed by atoms with Crippen molar-refractivity contribution in [1.29, 1.82) is 0 Å². The molecule has 0 spiro atoms. The summed E-state index contributed by atoms with van der Waals surface area (Å²) in [6.45, 7) is 8.02. The first kappa shape index (κ1) is 25.7. The quantitative estimate of drug-likeness (QED) is 0.488. The number of methoxy groups -OCH3 is 1. The molecule has 11 heteroatoms. The molecule has 1 saturated heterocycles. The number of hydrogen-bond acceptors (Lipinski definition) is 8. The highest BCUT2D eigenvalue weighted by atomic mass is 32.2. The van der Waals surface area contributed by atoms with Crippen LogP contribution in [0.1, 0.15) is 29.8 Å². The molecule has 1 aromatic carbocycles. The van der Waals surface area contributed by atoms with E-state index in [4.69, 9.17) is 14.2 Å². The number of nitrogens with one attached hydrogen (secondary N) is 2. The molecular weight excluding hydrogens is 460 g/mol. The van der Waals surface area contributed by atoms with E-state index in [-0.39, 0.29) is 29.0 Å². The van der Waals surface area contributed by atoms with Crippen LogP contribution >= 0.6 is 0 Å². The monoisotopic (exact) mass is 492 g/mol. The van der Waals surface area contributed by atoms with Crippen LogP contribution in [0.4, 0.5) is 5.69 Å². The van der Waals surface area contributed by atoms with Crippen molar-refractivity contribution >= 4 is 21.6 Å². The SMILES string of the molecule is COc1cncc(NS(=O)(=O)Cc2ccc(OCCN3CCOCC3)cc2C(=O)NC(C)C)c1. The maximum atomic E-state index is 12.8. The molecule has 0 radical (unpaired) electrons. The fraction of sp³-hybridized carbons (Fsp3) is 0.478. The fourth-order valence-electron chi connectivity index (χ4n) is 3.45. The summed E-state index contributed by atoms with van der Waals surface area (Å²) >= 11 is 0. The molecule has 1 fully saturated rings. The highest BCUT2D eigenvalue weighted by molar-refractivity contribution is 7.91. The van der Waals surface area contributed by atoms with Gasteiger partial charge in [0.2, 0.25) is 10.0 Å². The molecule has 2 heterocycles. The van der Waals surface area contributed by atoms with Crippen molar-refractivity contribution in [2.45, 2.75) is 25.6 Å². The van der Waals surface area contributed by atoms with E-state index in [2.05, 4.69) is 19.9 Å². The summed E-state index contributed by atoms with van der Waals surface area (Å²) in [5.74, 6) is 0.185. The molecule has 10 nitrogen and oxygen atoms in total. The first-order chi connectivity index (χ1) is 16.3. The maximum absolute atomic E-state index is 12.8. The van der Waals surface area contributed by atoms with Crippen molar-refractivity contribution in [3.63, 3.8) is 0 Å². The number of nitrogens with zero attached hydrogens (tertiary/aromatic N) is 2. The molecule has 0 atom stereocenters. The summed E-state index contributed by atoms with van der Waals surface area (Å²) < 4.78 is 44.5. The molecule has 3 rings (SSSR count). The van der Waals surface area contributed by atoms with Crippen LogP contribution in [0, 0.1) is 0 Å². The van der Waals surface area contributed by atoms with Crippen LogP contribution in [0.2, 0.25) is 0 Å². The van der Waals surface area contributed by atoms with E-state index in [0.717, 1.165) is 19.6 Å². The summed E-state index contributed by atoms with van der Waals surface area (Å²) in [5.41, 5.74) is 0.893. The maximum Gasteiger partial charge on any atom is 0.251 e. The van der Waals surface area contributed by atoms with Gasteiger partial charge in [0.1, 0.15) is 18.1 Å². The number of anilines is 1. The number of rotatable bonds is 11. The Morgan fingerprint density at radius 2 is 1.94 bits per heavy atom. The number of amides is 1. The predicted octanol–water partition coefficient (Wildman–Crippen LogP) is 1.88. The van der Waals surface area contributed by atoms with Gasteiger partial charge in [-0.05, 0) is 31.5 Å². The molecule has 0 saturated carbocycles. The van der Waals surface area contributed by atoms with E-state index in [9.17, 15) is 13.2 Å². The van der Waals surface area contributed by atoms with E-state index >= 15 is 0 Å². The van der Waals surface area contributed by atoms with Gasteiger partial charge >= 0.3 is 0 Å². The number of hydrogen-bond donors (Lipinski definition) is 2. The van der Waals surface area contributed by atoms with Gasteiger partial charge in [0.25, 0.3) is 5.91 Å². The van der Waals surface area contributed by atoms with E-state index < -0.39 is 10.0 Å². The van der Waals surface area contributed by atoms with Gasteiger partial charge in [-0.2, -0.15) is 0 Å². The zero-order valence-corrected chi connectivity index (χ0v) is 20.6. The number of aromatic nitrogens is 1. The Morgan fingerprint density at radius 1 is 1.18 bits per heavy atom. The van der Waals surface area contributed by atoms with Crippen molar-refractivity contribution < 1.29 is 27.4 Å². The van der Waals surface area contributed by atoms with E-state index in [1.165, 1.54) is 25.6 Å². The third-order valence-electron chi connectivity index (χ3n) is 5.09. The summed E-state index contributed by atoms with van der Waals surface area (Å²) in [5, 5.41) is 2.83. The molecule has 0 aliphatic carbocycles. The fourth-order valence-corrected chi connectivity index (χ4v) is 4.65. The minimum atomic E-state index is -3.83. The van der Waals surface area contributed by atoms with Gasteiger partial charge < -0.3 is 19.5 Å². The Bertz CT molecular complexity index is 1070. The minimum Gasteiger partial charge on any atom is -0.495 e. The number of carbonyl (C=O) groups is 1. The Kier molecular flexibility index (Phi) is 9.08. The van der Waals surface area contributed by atoms with Crippen molar-refractivity contribution in [3.05, 3.63) is 47.8 Å². The van der Waals surface area contributed by atoms with Crippen molar-refractivity contribution in [3.8, 4) is 11.5 Å². The average molecular weight is 493 g/mol. The van der Waals surface area contributed by atoms with Crippen molar-refractivity contribution in [2.24, 2.45) is 0 Å². The highest BCUT2D eigenvalue weighted by Gasteiger charge is 2.20. The van der Waals surface area contributed by atoms with Crippen molar-refractivity contribution in [2.75, 3.05) is 51.3 Å². The highest BCUT2D eigenvalue weighted by Crippen LogP contribution is 2.22. The van der Waals surface area contributed by atoms with Crippen LogP contribution in [0.25, 0.3) is 0 Å². The molecule has 186 valence electrons. The molecule has 2 N–H and O–H groups in total. The smallest absolute Gasteiger partial charge is 0.251 e. The average Bonchev–Trinajstić information content (AvgIpc) is 2.79. The first-order valence-corrected chi connectivity index (χ1v) is 12.8. The van der Waals surface area contributed by atoms with Crippen LogP contribution in [0.3, 0.4) is 0 Å². The Hall–Kier alpha value is -2.89. The second-order valence-corrected chi connectivity index (χ2v) is 9.95. The summed E-state index contributed by atoms with van der Waals surface area (Å²) in [6, 6.07) is 6.31. The second kappa shape index (κ2) is 12.0. The van der Waals surface area contributed by atoms with Crippen LogP contribution in [0.5, 0.6) is 11.5 Å². The van der Waals surface area contributed by atoms with Gasteiger partial charge in [0.05, 0.1) is 44.2 Å². The Balaban J connectivity index is 1.74. The van der Waals surface area contributed by atoms with Gasteiger partial charge in [-0.3, -0.25) is 19.4 Å².